The quantitative estimate of drug-likeness (QED) is 0.622. The summed E-state index contributed by atoms with van der Waals surface area (Å²) in [6, 6.07) is 12.6. The molecule has 0 spiro atoms. The average Bonchev–Trinajstić information content (AvgIpc) is 2.60. The maximum Gasteiger partial charge on any atom is 0.270 e. The number of non-ortho nitro benzene ring substituents is 1. The van der Waals surface area contributed by atoms with Gasteiger partial charge in [0, 0.05) is 24.7 Å². The van der Waals surface area contributed by atoms with Crippen LogP contribution >= 0.6 is 0 Å². The van der Waals surface area contributed by atoms with Gasteiger partial charge in [0.2, 0.25) is 0 Å². The molecule has 0 fully saturated rings. The molecule has 7 heteroatoms. The summed E-state index contributed by atoms with van der Waals surface area (Å²) in [5, 5.41) is 11.0. The first-order valence-corrected chi connectivity index (χ1v) is 7.71. The molecule has 3 rings (SSSR count). The van der Waals surface area contributed by atoms with E-state index in [9.17, 15) is 19.7 Å². The monoisotopic (exact) mass is 339 g/mol. The van der Waals surface area contributed by atoms with Gasteiger partial charge < -0.3 is 4.90 Å². The van der Waals surface area contributed by atoms with Gasteiger partial charge in [-0.3, -0.25) is 24.6 Å². The van der Waals surface area contributed by atoms with Gasteiger partial charge in [-0.05, 0) is 32.0 Å². The molecule has 0 aromatic heterocycles. The molecule has 128 valence electrons. The molecule has 25 heavy (non-hydrogen) atoms. The minimum Gasteiger partial charge on any atom is -0.311 e. The Labute approximate surface area is 144 Å². The van der Waals surface area contributed by atoms with Crippen LogP contribution in [-0.4, -0.2) is 29.3 Å². The standard InChI is InChI=1S/C18H17N3O4/c1-18(2)17(23)19(3)14-9-4-5-10-15(14)20(18)16(22)12-7-6-8-13(11-12)21(24)25/h4-11H,1-3H3. The summed E-state index contributed by atoms with van der Waals surface area (Å²) in [5.41, 5.74) is 0.0775. The predicted octanol–water partition coefficient (Wildman–Crippen LogP) is 3.00. The lowest BCUT2D eigenvalue weighted by atomic mass is 9.94. The van der Waals surface area contributed by atoms with Gasteiger partial charge in [0.1, 0.15) is 5.54 Å². The maximum atomic E-state index is 13.1. The van der Waals surface area contributed by atoms with Gasteiger partial charge in [-0.15, -0.1) is 0 Å². The second kappa shape index (κ2) is 5.70. The van der Waals surface area contributed by atoms with Crippen molar-refractivity contribution in [1.29, 1.82) is 0 Å². The van der Waals surface area contributed by atoms with Gasteiger partial charge in [-0.25, -0.2) is 0 Å². The zero-order valence-electron chi connectivity index (χ0n) is 14.1. The molecule has 0 N–H and O–H groups in total. The first kappa shape index (κ1) is 16.6. The highest BCUT2D eigenvalue weighted by Crippen LogP contribution is 2.40. The molecule has 0 unspecified atom stereocenters. The summed E-state index contributed by atoms with van der Waals surface area (Å²) in [4.78, 5) is 39.3. The minimum atomic E-state index is -1.12. The topological polar surface area (TPSA) is 83.8 Å². The van der Waals surface area contributed by atoms with Crippen LogP contribution in [0.4, 0.5) is 17.1 Å². The van der Waals surface area contributed by atoms with Crippen LogP contribution in [0, 0.1) is 10.1 Å². The number of nitrogens with zero attached hydrogens (tertiary/aromatic N) is 3. The Morgan fingerprint density at radius 1 is 1.08 bits per heavy atom. The first-order chi connectivity index (χ1) is 11.7. The number of fused-ring (bicyclic) bond motifs is 1. The third kappa shape index (κ3) is 2.53. The van der Waals surface area contributed by atoms with E-state index in [1.165, 1.54) is 34.1 Å². The van der Waals surface area contributed by atoms with E-state index in [-0.39, 0.29) is 17.2 Å². The lowest BCUT2D eigenvalue weighted by Gasteiger charge is -2.45. The fourth-order valence-corrected chi connectivity index (χ4v) is 3.10. The highest BCUT2D eigenvalue weighted by Gasteiger charge is 2.46. The summed E-state index contributed by atoms with van der Waals surface area (Å²) in [7, 11) is 1.66. The fraction of sp³-hybridized carbons (Fsp3) is 0.222. The number of carbonyl (C=O) groups excluding carboxylic acids is 2. The molecule has 2 amide bonds. The molecule has 2 aromatic carbocycles. The Morgan fingerprint density at radius 2 is 1.72 bits per heavy atom. The third-order valence-electron chi connectivity index (χ3n) is 4.38. The second-order valence-corrected chi connectivity index (χ2v) is 6.36. The number of hydrogen-bond acceptors (Lipinski definition) is 4. The van der Waals surface area contributed by atoms with Crippen LogP contribution in [0.25, 0.3) is 0 Å². The van der Waals surface area contributed by atoms with Crippen molar-refractivity contribution in [3.8, 4) is 0 Å². The maximum absolute atomic E-state index is 13.1. The first-order valence-electron chi connectivity index (χ1n) is 7.71. The Morgan fingerprint density at radius 3 is 2.36 bits per heavy atom. The van der Waals surface area contributed by atoms with Crippen molar-refractivity contribution in [3.63, 3.8) is 0 Å². The van der Waals surface area contributed by atoms with Gasteiger partial charge in [0.05, 0.1) is 16.3 Å². The van der Waals surface area contributed by atoms with E-state index in [0.29, 0.717) is 11.4 Å². The lowest BCUT2D eigenvalue weighted by Crippen LogP contribution is -2.61. The van der Waals surface area contributed by atoms with Crippen LogP contribution in [0.15, 0.2) is 48.5 Å². The third-order valence-corrected chi connectivity index (χ3v) is 4.38. The number of nitro benzene ring substituents is 1. The number of amides is 2. The van der Waals surface area contributed by atoms with Crippen molar-refractivity contribution >= 4 is 28.9 Å². The van der Waals surface area contributed by atoms with Crippen molar-refractivity contribution in [2.75, 3.05) is 16.8 Å². The molecule has 0 saturated heterocycles. The van der Waals surface area contributed by atoms with Gasteiger partial charge in [0.15, 0.2) is 0 Å². The number of para-hydroxylation sites is 2. The van der Waals surface area contributed by atoms with Crippen LogP contribution in [0.1, 0.15) is 24.2 Å². The molecule has 7 nitrogen and oxygen atoms in total. The number of benzene rings is 2. The SMILES string of the molecule is CN1C(=O)C(C)(C)N(C(=O)c2cccc([N+](=O)[O-])c2)c2ccccc21. The largest absolute Gasteiger partial charge is 0.311 e. The highest BCUT2D eigenvalue weighted by molar-refractivity contribution is 6.19. The van der Waals surface area contributed by atoms with Crippen LogP contribution in [0.2, 0.25) is 0 Å². The number of anilines is 2. The van der Waals surface area contributed by atoms with Gasteiger partial charge >= 0.3 is 0 Å². The summed E-state index contributed by atoms with van der Waals surface area (Å²) >= 11 is 0. The highest BCUT2D eigenvalue weighted by atomic mass is 16.6. The van der Waals surface area contributed by atoms with Crippen molar-refractivity contribution < 1.29 is 14.5 Å². The number of hydrogen-bond donors (Lipinski definition) is 0. The van der Waals surface area contributed by atoms with E-state index < -0.39 is 16.4 Å². The molecule has 0 aliphatic carbocycles. The Bertz CT molecular complexity index is 891. The van der Waals surface area contributed by atoms with E-state index in [0.717, 1.165) is 0 Å². The van der Waals surface area contributed by atoms with E-state index >= 15 is 0 Å². The van der Waals surface area contributed by atoms with Crippen molar-refractivity contribution in [1.82, 2.24) is 0 Å². The second-order valence-electron chi connectivity index (χ2n) is 6.36. The van der Waals surface area contributed by atoms with Crippen LogP contribution < -0.4 is 9.80 Å². The van der Waals surface area contributed by atoms with Gasteiger partial charge in [-0.2, -0.15) is 0 Å². The molecule has 1 aliphatic rings. The summed E-state index contributed by atoms with van der Waals surface area (Å²) in [6.45, 7) is 3.33. The van der Waals surface area contributed by atoms with Crippen molar-refractivity contribution in [3.05, 3.63) is 64.2 Å². The molecule has 0 bridgehead atoms. The van der Waals surface area contributed by atoms with Gasteiger partial charge in [0.25, 0.3) is 17.5 Å². The van der Waals surface area contributed by atoms with E-state index in [1.807, 2.05) is 0 Å². The smallest absolute Gasteiger partial charge is 0.270 e. The van der Waals surface area contributed by atoms with E-state index in [1.54, 1.807) is 45.2 Å². The molecule has 0 atom stereocenters. The minimum absolute atomic E-state index is 0.162. The van der Waals surface area contributed by atoms with Crippen molar-refractivity contribution in [2.45, 2.75) is 19.4 Å². The molecule has 0 saturated carbocycles. The number of rotatable bonds is 2. The Kier molecular flexibility index (Phi) is 3.79. The summed E-state index contributed by atoms with van der Waals surface area (Å²) in [5.74, 6) is -0.687. The zero-order valence-corrected chi connectivity index (χ0v) is 14.1. The molecule has 1 heterocycles. The molecule has 2 aromatic rings. The lowest BCUT2D eigenvalue weighted by molar-refractivity contribution is -0.384. The number of likely N-dealkylation sites (N-methyl/N-ethyl adjacent to an activating group) is 1. The number of carbonyl (C=O) groups is 2. The normalized spacial score (nSPS) is 15.7. The summed E-state index contributed by atoms with van der Waals surface area (Å²) < 4.78 is 0. The average molecular weight is 339 g/mol. The number of nitro groups is 1. The van der Waals surface area contributed by atoms with Crippen LogP contribution in [0.5, 0.6) is 0 Å². The van der Waals surface area contributed by atoms with E-state index in [2.05, 4.69) is 0 Å². The van der Waals surface area contributed by atoms with Crippen molar-refractivity contribution in [2.24, 2.45) is 0 Å². The van der Waals surface area contributed by atoms with Crippen LogP contribution in [0.3, 0.4) is 0 Å². The zero-order chi connectivity index (χ0) is 18.4. The predicted molar refractivity (Wildman–Crippen MR) is 93.8 cm³/mol. The molecule has 1 aliphatic heterocycles. The van der Waals surface area contributed by atoms with Crippen LogP contribution in [-0.2, 0) is 4.79 Å². The molecular formula is C18H17N3O4. The molecule has 0 radical (unpaired) electrons. The molecular weight excluding hydrogens is 322 g/mol. The summed E-state index contributed by atoms with van der Waals surface area (Å²) in [6.07, 6.45) is 0. The Balaban J connectivity index is 2.16. The van der Waals surface area contributed by atoms with E-state index in [4.69, 9.17) is 0 Å². The fourth-order valence-electron chi connectivity index (χ4n) is 3.10. The Hall–Kier alpha value is -3.22. The van der Waals surface area contributed by atoms with Gasteiger partial charge in [-0.1, -0.05) is 18.2 Å².